The zero-order valence-electron chi connectivity index (χ0n) is 44.8. The van der Waals surface area contributed by atoms with Crippen LogP contribution < -0.4 is 60.2 Å². The number of unbranched alkanes of at least 4 members (excludes halogenated alkanes) is 30. The van der Waals surface area contributed by atoms with Gasteiger partial charge in [-0.3, -0.25) is 0 Å². The monoisotopic (exact) mass is 1850 g/mol. The fraction of sp³-hybridized carbons (Fsp3) is 1.00. The zero-order chi connectivity index (χ0) is 64.5. The van der Waals surface area contributed by atoms with Gasteiger partial charge in [0.1, 0.15) is 0 Å². The minimum absolute atomic E-state index is 1.25. The van der Waals surface area contributed by atoms with Gasteiger partial charge in [0.2, 0.25) is 0 Å². The summed E-state index contributed by atoms with van der Waals surface area (Å²) in [6.07, 6.45) is 46.9. The molecule has 0 heterocycles. The molecular formula is C38H80Mo8NO32-15. The second-order valence-electron chi connectivity index (χ2n) is 17.3. The van der Waals surface area contributed by atoms with Crippen molar-refractivity contribution < 1.29 is 253 Å². The third kappa shape index (κ3) is 306. The molecule has 0 N–H and O–H groups in total. The fourth-order valence-electron chi connectivity index (χ4n) is 6.29. The Balaban J connectivity index is -0.000000138. The van der Waals surface area contributed by atoms with Gasteiger partial charge in [-0.15, -0.1) is 0 Å². The van der Waals surface area contributed by atoms with Gasteiger partial charge < -0.3 is 4.48 Å². The third-order valence-corrected chi connectivity index (χ3v) is 9.23. The Hall–Kier alpha value is 1.63. The minimum atomic E-state index is -6.02. The van der Waals surface area contributed by atoms with E-state index >= 15 is 0 Å². The standard InChI is InChI=1S/C38H80N.8Mo.32O/c1-5-7-9-11-13-15-17-19-21-23-25-27-29-31-33-35-37-39(3,4)38-36-34-32-30-28-26-24-22-20-18-16-14-12-10-8-6-2;;;;;;;;;;;;;;;;;;;;;;;;;;;;;;;;;;;;;;;;/h5-38H2,1-4H3;;;;;;;;;;;;;;;;;;;;;;;;;;;;;;;;;;;;;;;;/q+1;;;;;;;;;;;;;;;;;;;;;;;;;16*-1. The van der Waals surface area contributed by atoms with Gasteiger partial charge in [0.25, 0.3) is 0 Å². The summed E-state index contributed by atoms with van der Waals surface area (Å²) in [5.41, 5.74) is 0. The first kappa shape index (κ1) is 99.6. The van der Waals surface area contributed by atoms with Crippen molar-refractivity contribution in [1.82, 2.24) is 0 Å². The van der Waals surface area contributed by atoms with Crippen LogP contribution in [0.1, 0.15) is 219 Å². The fourth-order valence-corrected chi connectivity index (χ4v) is 6.29. The molecular weight excluding hydrogens is 1750 g/mol. The maximum atomic E-state index is 8.63. The Kier molecular flexibility index (Phi) is 77.3. The van der Waals surface area contributed by atoms with Crippen LogP contribution >= 0.6 is 0 Å². The van der Waals surface area contributed by atoms with E-state index in [-0.39, 0.29) is 0 Å². The van der Waals surface area contributed by atoms with E-state index in [0.717, 1.165) is 0 Å². The predicted octanol–water partition coefficient (Wildman–Crippen LogP) is -7.36. The SMILES string of the molecule is CCCCCCCCCCCCCCCCCC[N+](C)(C)CCCCCCCCCCCCCCCCCC.[O]=[Mo](=[O])([O-])[O-].[O]=[Mo](=[O])([O-])[O-].[O]=[Mo](=[O])([O-])[O-].[O]=[Mo](=[O])([O-])[O-].[O]=[Mo](=[O])([O-])[O-].[O]=[Mo](=[O])([O-])[O-].[O]=[Mo](=[O])([O-])[O-].[O]=[Mo](=[O])([O-])[O-]. The van der Waals surface area contributed by atoms with Crippen molar-refractivity contribution in [3.8, 4) is 0 Å². The molecule has 0 rings (SSSR count). The molecule has 0 bridgehead atoms. The third-order valence-electron chi connectivity index (χ3n) is 9.23. The van der Waals surface area contributed by atoms with Crippen LogP contribution in [0.25, 0.3) is 0 Å². The molecule has 0 aliphatic heterocycles. The van der Waals surface area contributed by atoms with Gasteiger partial charge in [0.15, 0.2) is 0 Å². The summed E-state index contributed by atoms with van der Waals surface area (Å²) in [5, 5.41) is 0. The van der Waals surface area contributed by atoms with Gasteiger partial charge in [0, 0.05) is 0 Å². The molecule has 0 radical (unpaired) electrons. The van der Waals surface area contributed by atoms with Gasteiger partial charge >= 0.3 is 248 Å². The molecule has 492 valence electrons. The number of hydrogen-bond acceptors (Lipinski definition) is 32. The molecule has 41 heteroatoms. The molecule has 0 aliphatic rings. The van der Waals surface area contributed by atoms with Crippen molar-refractivity contribution in [3.05, 3.63) is 0 Å². The molecule has 0 unspecified atom stereocenters. The molecule has 0 aromatic heterocycles. The summed E-state index contributed by atoms with van der Waals surface area (Å²) in [4.78, 5) is 0. The number of hydrogen-bond donors (Lipinski definition) is 0. The van der Waals surface area contributed by atoms with Gasteiger partial charge in [-0.1, -0.05) is 194 Å². The molecule has 0 fully saturated rings. The Morgan fingerprint density at radius 1 is 0.190 bits per heavy atom. The summed E-state index contributed by atoms with van der Waals surface area (Å²) in [7, 11) is 4.94. The van der Waals surface area contributed by atoms with Crippen molar-refractivity contribution in [2.45, 2.75) is 219 Å². The van der Waals surface area contributed by atoms with E-state index in [4.69, 9.17) is 115 Å². The number of quaternary nitrogens is 1. The Morgan fingerprint density at radius 3 is 0.354 bits per heavy atom. The first-order chi connectivity index (χ1) is 35.1. The van der Waals surface area contributed by atoms with Gasteiger partial charge in [-0.2, -0.15) is 0 Å². The first-order valence-corrected chi connectivity index (χ1v) is 50.5. The van der Waals surface area contributed by atoms with Gasteiger partial charge in [-0.25, -0.2) is 0 Å². The molecule has 0 spiro atoms. The van der Waals surface area contributed by atoms with E-state index in [9.17, 15) is 0 Å². The van der Waals surface area contributed by atoms with Crippen LogP contribution in [0.15, 0.2) is 0 Å². The quantitative estimate of drug-likeness (QED) is 0.0328. The van der Waals surface area contributed by atoms with Crippen LogP contribution in [0.2, 0.25) is 0 Å². The van der Waals surface area contributed by atoms with Crippen molar-refractivity contribution in [1.29, 1.82) is 0 Å². The molecule has 0 saturated carbocycles. The molecule has 0 aromatic carbocycles. The number of rotatable bonds is 34. The second kappa shape index (κ2) is 61.3. The predicted molar refractivity (Wildman–Crippen MR) is 192 cm³/mol. The Morgan fingerprint density at radius 2 is 0.266 bits per heavy atom. The van der Waals surface area contributed by atoms with Crippen molar-refractivity contribution in [3.63, 3.8) is 0 Å². The number of nitrogens with zero attached hydrogens (tertiary/aromatic N) is 1. The Bertz CT molecular complexity index is 1780. The summed E-state index contributed by atoms with van der Waals surface area (Å²) in [6.45, 7) is 7.39. The van der Waals surface area contributed by atoms with Crippen molar-refractivity contribution in [2.24, 2.45) is 0 Å². The average Bonchev–Trinajstić information content (AvgIpc) is 3.15. The second-order valence-corrected chi connectivity index (χ2v) is 33.3. The van der Waals surface area contributed by atoms with E-state index in [1.54, 1.807) is 0 Å². The average molecular weight is 1830 g/mol. The maximum absolute atomic E-state index is 8.63. The van der Waals surface area contributed by atoms with E-state index in [1.165, 1.54) is 223 Å². The van der Waals surface area contributed by atoms with Crippen LogP contribution in [0, 0.1) is 0 Å². The van der Waals surface area contributed by atoms with Crippen molar-refractivity contribution in [2.75, 3.05) is 27.2 Å². The van der Waals surface area contributed by atoms with Crippen LogP contribution in [0.5, 0.6) is 0 Å². The van der Waals surface area contributed by atoms with E-state index in [0.29, 0.717) is 0 Å². The molecule has 0 amide bonds. The molecule has 0 atom stereocenters. The van der Waals surface area contributed by atoms with Crippen LogP contribution in [0.4, 0.5) is 0 Å². The van der Waals surface area contributed by atoms with E-state index in [1.807, 2.05) is 0 Å². The molecule has 0 aromatic rings. The van der Waals surface area contributed by atoms with Crippen LogP contribution in [0.3, 0.4) is 0 Å². The normalized spacial score (nSPS) is 11.8. The zero-order valence-corrected chi connectivity index (χ0v) is 60.9. The first-order valence-electron chi connectivity index (χ1n) is 24.3. The van der Waals surface area contributed by atoms with Gasteiger partial charge in [-0.05, 0) is 25.7 Å². The summed E-state index contributed by atoms with van der Waals surface area (Å²) < 4.78 is 277. The topological polar surface area (TPSA) is 642 Å². The van der Waals surface area contributed by atoms with Gasteiger partial charge in [0.05, 0.1) is 27.2 Å². The molecule has 0 aliphatic carbocycles. The van der Waals surface area contributed by atoms with Crippen molar-refractivity contribution >= 4 is 0 Å². The van der Waals surface area contributed by atoms with E-state index < -0.39 is 134 Å². The molecule has 79 heavy (non-hydrogen) atoms. The Labute approximate surface area is 493 Å². The van der Waals surface area contributed by atoms with Crippen LogP contribution in [-0.2, 0) is 188 Å². The van der Waals surface area contributed by atoms with Crippen LogP contribution in [-0.4, -0.2) is 31.7 Å². The summed E-state index contributed by atoms with van der Waals surface area (Å²) >= 11 is -48.2. The molecule has 33 nitrogen and oxygen atoms in total. The van der Waals surface area contributed by atoms with E-state index in [2.05, 4.69) is 27.9 Å². The molecule has 0 saturated heterocycles. The summed E-state index contributed by atoms with van der Waals surface area (Å²) in [5.74, 6) is 0. The summed E-state index contributed by atoms with van der Waals surface area (Å²) in [6, 6.07) is 0.